The molecule has 6 nitrogen and oxygen atoms in total. The highest BCUT2D eigenvalue weighted by Gasteiger charge is 2.50. The first kappa shape index (κ1) is 18.4. The van der Waals surface area contributed by atoms with Gasteiger partial charge in [0, 0.05) is 30.9 Å². The number of carbonyl (C=O) groups excluding carboxylic acids is 3. The maximum atomic E-state index is 12.8. The van der Waals surface area contributed by atoms with Gasteiger partial charge in [-0.05, 0) is 56.4 Å². The summed E-state index contributed by atoms with van der Waals surface area (Å²) in [5.74, 6) is -0.472. The molecule has 0 bridgehead atoms. The van der Waals surface area contributed by atoms with Crippen LogP contribution in [0, 0.1) is 11.8 Å². The first-order valence-electron chi connectivity index (χ1n) is 9.48. The van der Waals surface area contributed by atoms with E-state index in [1.165, 1.54) is 13.3 Å². The highest BCUT2D eigenvalue weighted by Crippen LogP contribution is 2.42. The van der Waals surface area contributed by atoms with Crippen molar-refractivity contribution < 1.29 is 14.4 Å². The summed E-state index contributed by atoms with van der Waals surface area (Å²) in [6, 6.07) is 7.32. The molecule has 1 aromatic carbocycles. The Balaban J connectivity index is 1.53. The highest BCUT2D eigenvalue weighted by atomic mass is 16.2. The third-order valence-corrected chi connectivity index (χ3v) is 5.30. The summed E-state index contributed by atoms with van der Waals surface area (Å²) in [6.07, 6.45) is 4.95. The van der Waals surface area contributed by atoms with Gasteiger partial charge >= 0.3 is 0 Å². The lowest BCUT2D eigenvalue weighted by Crippen LogP contribution is -2.44. The van der Waals surface area contributed by atoms with Crippen LogP contribution in [-0.4, -0.2) is 35.2 Å². The Morgan fingerprint density at radius 2 is 1.69 bits per heavy atom. The molecule has 0 spiro atoms. The monoisotopic (exact) mass is 357 g/mol. The summed E-state index contributed by atoms with van der Waals surface area (Å²) >= 11 is 0. The first-order chi connectivity index (χ1) is 12.5. The molecule has 26 heavy (non-hydrogen) atoms. The van der Waals surface area contributed by atoms with Crippen LogP contribution in [0.4, 0.5) is 11.4 Å². The number of rotatable bonds is 5. The third kappa shape index (κ3) is 4.23. The molecule has 6 heteroatoms. The van der Waals surface area contributed by atoms with Gasteiger partial charge in [-0.15, -0.1) is 0 Å². The number of carbonyl (C=O) groups is 3. The molecule has 2 fully saturated rings. The van der Waals surface area contributed by atoms with E-state index in [4.69, 9.17) is 0 Å². The number of hydrogen-bond donors (Lipinski definition) is 2. The normalized spacial score (nSPS) is 24.7. The van der Waals surface area contributed by atoms with Crippen molar-refractivity contribution in [3.05, 3.63) is 24.3 Å². The molecule has 3 rings (SSSR count). The number of anilines is 2. The van der Waals surface area contributed by atoms with Crippen LogP contribution in [0.15, 0.2) is 24.3 Å². The molecular formula is C20H27N3O3. The van der Waals surface area contributed by atoms with Crippen LogP contribution in [0.3, 0.4) is 0 Å². The van der Waals surface area contributed by atoms with Gasteiger partial charge in [0.25, 0.3) is 0 Å². The van der Waals surface area contributed by atoms with Gasteiger partial charge in [0.1, 0.15) is 0 Å². The SMILES string of the molecule is CCC1CCCCN1C(=O)C1CC1C(=O)Nc1ccc(NC(C)=O)cc1. The minimum atomic E-state index is -0.225. The maximum absolute atomic E-state index is 12.8. The molecule has 140 valence electrons. The molecule has 0 radical (unpaired) electrons. The van der Waals surface area contributed by atoms with E-state index < -0.39 is 0 Å². The molecule has 2 N–H and O–H groups in total. The zero-order valence-electron chi connectivity index (χ0n) is 15.5. The average Bonchev–Trinajstić information content (AvgIpc) is 3.43. The molecule has 1 saturated carbocycles. The van der Waals surface area contributed by atoms with Gasteiger partial charge in [-0.3, -0.25) is 14.4 Å². The van der Waals surface area contributed by atoms with Crippen LogP contribution in [0.1, 0.15) is 46.0 Å². The van der Waals surface area contributed by atoms with E-state index in [0.29, 0.717) is 23.8 Å². The molecule has 1 heterocycles. The number of hydrogen-bond acceptors (Lipinski definition) is 3. The second-order valence-electron chi connectivity index (χ2n) is 7.29. The number of benzene rings is 1. The van der Waals surface area contributed by atoms with Crippen LogP contribution in [0.2, 0.25) is 0 Å². The van der Waals surface area contributed by atoms with Crippen LogP contribution >= 0.6 is 0 Å². The summed E-state index contributed by atoms with van der Waals surface area (Å²) in [5.41, 5.74) is 1.36. The van der Waals surface area contributed by atoms with E-state index in [9.17, 15) is 14.4 Å². The number of likely N-dealkylation sites (tertiary alicyclic amines) is 1. The summed E-state index contributed by atoms with van der Waals surface area (Å²) < 4.78 is 0. The Bertz CT molecular complexity index is 686. The summed E-state index contributed by atoms with van der Waals surface area (Å²) in [4.78, 5) is 38.2. The minimum Gasteiger partial charge on any atom is -0.339 e. The standard InChI is InChI=1S/C20H27N3O3/c1-3-16-6-4-5-11-23(16)20(26)18-12-17(18)19(25)22-15-9-7-14(8-10-15)21-13(2)24/h7-10,16-18H,3-6,11-12H2,1-2H3,(H,21,24)(H,22,25). The Kier molecular flexibility index (Phi) is 5.59. The first-order valence-corrected chi connectivity index (χ1v) is 9.48. The fourth-order valence-corrected chi connectivity index (χ4v) is 3.76. The van der Waals surface area contributed by atoms with Crippen molar-refractivity contribution in [2.45, 2.75) is 52.0 Å². The Morgan fingerprint density at radius 3 is 2.31 bits per heavy atom. The maximum Gasteiger partial charge on any atom is 0.228 e. The molecule has 1 saturated heterocycles. The lowest BCUT2D eigenvalue weighted by molar-refractivity contribution is -0.137. The van der Waals surface area contributed by atoms with Crippen LogP contribution in [0.5, 0.6) is 0 Å². The van der Waals surface area contributed by atoms with E-state index in [1.807, 2.05) is 4.90 Å². The highest BCUT2D eigenvalue weighted by molar-refractivity contribution is 5.99. The third-order valence-electron chi connectivity index (χ3n) is 5.30. The topological polar surface area (TPSA) is 78.5 Å². The summed E-state index contributed by atoms with van der Waals surface area (Å²) in [7, 11) is 0. The summed E-state index contributed by atoms with van der Waals surface area (Å²) in [5, 5.41) is 5.56. The van der Waals surface area contributed by atoms with Crippen molar-refractivity contribution in [1.29, 1.82) is 0 Å². The number of piperidine rings is 1. The second kappa shape index (κ2) is 7.89. The van der Waals surface area contributed by atoms with Crippen molar-refractivity contribution in [1.82, 2.24) is 4.90 Å². The van der Waals surface area contributed by atoms with E-state index in [-0.39, 0.29) is 29.6 Å². The predicted molar refractivity (Wildman–Crippen MR) is 101 cm³/mol. The fraction of sp³-hybridized carbons (Fsp3) is 0.550. The van der Waals surface area contributed by atoms with Crippen molar-refractivity contribution >= 4 is 29.1 Å². The smallest absolute Gasteiger partial charge is 0.228 e. The van der Waals surface area contributed by atoms with Gasteiger partial charge in [-0.1, -0.05) is 6.92 Å². The quantitative estimate of drug-likeness (QED) is 0.850. The van der Waals surface area contributed by atoms with Gasteiger partial charge < -0.3 is 15.5 Å². The molecule has 3 atom stereocenters. The van der Waals surface area contributed by atoms with Crippen LogP contribution in [0.25, 0.3) is 0 Å². The zero-order valence-corrected chi connectivity index (χ0v) is 15.5. The Labute approximate surface area is 154 Å². The fourth-order valence-electron chi connectivity index (χ4n) is 3.76. The van der Waals surface area contributed by atoms with Gasteiger partial charge in [-0.25, -0.2) is 0 Å². The molecular weight excluding hydrogens is 330 g/mol. The van der Waals surface area contributed by atoms with E-state index in [0.717, 1.165) is 25.8 Å². The van der Waals surface area contributed by atoms with Gasteiger partial charge in [-0.2, -0.15) is 0 Å². The van der Waals surface area contributed by atoms with Gasteiger partial charge in [0.2, 0.25) is 17.7 Å². The van der Waals surface area contributed by atoms with Gasteiger partial charge in [0.15, 0.2) is 0 Å². The van der Waals surface area contributed by atoms with Gasteiger partial charge in [0.05, 0.1) is 11.8 Å². The Morgan fingerprint density at radius 1 is 1.04 bits per heavy atom. The van der Waals surface area contributed by atoms with Crippen molar-refractivity contribution in [3.63, 3.8) is 0 Å². The zero-order chi connectivity index (χ0) is 18.7. The van der Waals surface area contributed by atoms with Crippen LogP contribution < -0.4 is 10.6 Å². The van der Waals surface area contributed by atoms with Crippen molar-refractivity contribution in [3.8, 4) is 0 Å². The lowest BCUT2D eigenvalue weighted by Gasteiger charge is -2.35. The van der Waals surface area contributed by atoms with Crippen molar-refractivity contribution in [2.24, 2.45) is 11.8 Å². The average molecular weight is 357 g/mol. The molecule has 0 aromatic heterocycles. The molecule has 3 amide bonds. The molecule has 1 aliphatic carbocycles. The number of amides is 3. The molecule has 3 unspecified atom stereocenters. The minimum absolute atomic E-state index is 0.0966. The molecule has 1 aliphatic heterocycles. The molecule has 2 aliphatic rings. The van der Waals surface area contributed by atoms with Crippen LogP contribution in [-0.2, 0) is 14.4 Å². The summed E-state index contributed by atoms with van der Waals surface area (Å²) in [6.45, 7) is 4.40. The molecule has 1 aromatic rings. The lowest BCUT2D eigenvalue weighted by atomic mass is 9.99. The van der Waals surface area contributed by atoms with E-state index in [1.54, 1.807) is 24.3 Å². The largest absolute Gasteiger partial charge is 0.339 e. The Hall–Kier alpha value is -2.37. The number of nitrogens with one attached hydrogen (secondary N) is 2. The van der Waals surface area contributed by atoms with E-state index in [2.05, 4.69) is 17.6 Å². The predicted octanol–water partition coefficient (Wildman–Crippen LogP) is 3.01. The number of nitrogens with zero attached hydrogens (tertiary/aromatic N) is 1. The van der Waals surface area contributed by atoms with Crippen molar-refractivity contribution in [2.75, 3.05) is 17.2 Å². The second-order valence-corrected chi connectivity index (χ2v) is 7.29. The van der Waals surface area contributed by atoms with E-state index >= 15 is 0 Å².